The van der Waals surface area contributed by atoms with Crippen molar-refractivity contribution in [1.29, 1.82) is 0 Å². The van der Waals surface area contributed by atoms with E-state index in [1.807, 2.05) is 30.3 Å². The Morgan fingerprint density at radius 1 is 1.03 bits per heavy atom. The highest BCUT2D eigenvalue weighted by Gasteiger charge is 2.20. The van der Waals surface area contributed by atoms with E-state index in [2.05, 4.69) is 15.5 Å². The summed E-state index contributed by atoms with van der Waals surface area (Å²) in [6.07, 6.45) is 1.05. The molecule has 30 heavy (non-hydrogen) atoms. The zero-order chi connectivity index (χ0) is 21.2. The molecular formula is C23H28ClN3O3. The first kappa shape index (κ1) is 22.3. The molecule has 3 rings (SSSR count). The number of rotatable bonds is 9. The van der Waals surface area contributed by atoms with Crippen LogP contribution in [0.25, 0.3) is 0 Å². The second kappa shape index (κ2) is 11.7. The van der Waals surface area contributed by atoms with Gasteiger partial charge in [0, 0.05) is 19.6 Å². The molecule has 0 aromatic heterocycles. The first-order valence-electron chi connectivity index (χ1n) is 10.3. The van der Waals surface area contributed by atoms with Crippen LogP contribution in [-0.4, -0.2) is 56.1 Å². The molecule has 0 saturated carbocycles. The maximum atomic E-state index is 12.7. The third-order valence-electron chi connectivity index (χ3n) is 5.09. The van der Waals surface area contributed by atoms with E-state index in [0.29, 0.717) is 17.1 Å². The number of benzene rings is 2. The number of ether oxygens (including phenoxy) is 1. The summed E-state index contributed by atoms with van der Waals surface area (Å²) in [6.45, 7) is 4.98. The van der Waals surface area contributed by atoms with Crippen molar-refractivity contribution in [2.24, 2.45) is 0 Å². The Hall–Kier alpha value is -2.41. The van der Waals surface area contributed by atoms with Crippen LogP contribution in [0, 0.1) is 0 Å². The van der Waals surface area contributed by atoms with E-state index in [9.17, 15) is 9.59 Å². The fourth-order valence-electron chi connectivity index (χ4n) is 3.43. The summed E-state index contributed by atoms with van der Waals surface area (Å²) in [4.78, 5) is 27.6. The maximum Gasteiger partial charge on any atom is 0.253 e. The van der Waals surface area contributed by atoms with Crippen LogP contribution >= 0.6 is 11.6 Å². The zero-order valence-electron chi connectivity index (χ0n) is 17.0. The van der Waals surface area contributed by atoms with Gasteiger partial charge in [-0.1, -0.05) is 54.1 Å². The minimum Gasteiger partial charge on any atom is -0.379 e. The van der Waals surface area contributed by atoms with Gasteiger partial charge < -0.3 is 15.4 Å². The van der Waals surface area contributed by atoms with E-state index in [4.69, 9.17) is 16.3 Å². The molecule has 1 aliphatic rings. The van der Waals surface area contributed by atoms with Gasteiger partial charge in [-0.2, -0.15) is 0 Å². The second-order valence-corrected chi connectivity index (χ2v) is 7.69. The molecule has 2 aromatic carbocycles. The van der Waals surface area contributed by atoms with Crippen LogP contribution in [0.4, 0.5) is 0 Å². The van der Waals surface area contributed by atoms with Crippen molar-refractivity contribution in [1.82, 2.24) is 15.5 Å². The Balaban J connectivity index is 1.54. The molecule has 0 bridgehead atoms. The molecule has 1 unspecified atom stereocenters. The van der Waals surface area contributed by atoms with Crippen LogP contribution < -0.4 is 10.6 Å². The Bertz CT molecular complexity index is 825. The lowest BCUT2D eigenvalue weighted by Crippen LogP contribution is -2.38. The molecule has 1 atom stereocenters. The van der Waals surface area contributed by atoms with E-state index in [1.54, 1.807) is 24.3 Å². The third-order valence-corrected chi connectivity index (χ3v) is 5.42. The van der Waals surface area contributed by atoms with Gasteiger partial charge in [-0.15, -0.1) is 0 Å². The molecule has 1 saturated heterocycles. The quantitative estimate of drug-likeness (QED) is 0.601. The van der Waals surface area contributed by atoms with Crippen LogP contribution in [0.5, 0.6) is 0 Å². The highest BCUT2D eigenvalue weighted by molar-refractivity contribution is 6.33. The van der Waals surface area contributed by atoms with E-state index < -0.39 is 6.04 Å². The number of halogens is 1. The van der Waals surface area contributed by atoms with E-state index in [-0.39, 0.29) is 18.2 Å². The monoisotopic (exact) mass is 429 g/mol. The van der Waals surface area contributed by atoms with Crippen molar-refractivity contribution in [3.05, 3.63) is 70.7 Å². The average Bonchev–Trinajstić information content (AvgIpc) is 2.78. The Morgan fingerprint density at radius 3 is 2.47 bits per heavy atom. The number of morpholine rings is 1. The van der Waals surface area contributed by atoms with Gasteiger partial charge in [0.15, 0.2) is 0 Å². The van der Waals surface area contributed by atoms with Crippen molar-refractivity contribution in [2.45, 2.75) is 18.9 Å². The van der Waals surface area contributed by atoms with Crippen LogP contribution in [0.15, 0.2) is 54.6 Å². The lowest BCUT2D eigenvalue weighted by atomic mass is 10.0. The first-order valence-corrected chi connectivity index (χ1v) is 10.7. The Morgan fingerprint density at radius 2 is 1.73 bits per heavy atom. The number of hydrogen-bond donors (Lipinski definition) is 2. The average molecular weight is 430 g/mol. The molecule has 1 heterocycles. The number of amides is 2. The van der Waals surface area contributed by atoms with Crippen molar-refractivity contribution < 1.29 is 14.3 Å². The predicted octanol–water partition coefficient (Wildman–Crippen LogP) is 3.04. The van der Waals surface area contributed by atoms with Crippen molar-refractivity contribution in [2.75, 3.05) is 39.4 Å². The molecule has 2 amide bonds. The SMILES string of the molecule is O=C(CC(NC(=O)c1ccccc1Cl)c1ccccc1)NCCCN1CCOCC1. The lowest BCUT2D eigenvalue weighted by molar-refractivity contribution is -0.121. The third kappa shape index (κ3) is 6.83. The standard InChI is InChI=1S/C23H28ClN3O3/c24-20-10-5-4-9-19(20)23(29)26-21(18-7-2-1-3-8-18)17-22(28)25-11-6-12-27-13-15-30-16-14-27/h1-5,7-10,21H,6,11-17H2,(H,25,28)(H,26,29). The Kier molecular flexibility index (Phi) is 8.68. The van der Waals surface area contributed by atoms with E-state index in [1.165, 1.54) is 0 Å². The molecule has 1 aliphatic heterocycles. The largest absolute Gasteiger partial charge is 0.379 e. The Labute approximate surface area is 182 Å². The summed E-state index contributed by atoms with van der Waals surface area (Å²) in [5, 5.41) is 6.31. The minimum atomic E-state index is -0.436. The van der Waals surface area contributed by atoms with Crippen LogP contribution in [-0.2, 0) is 9.53 Å². The highest BCUT2D eigenvalue weighted by Crippen LogP contribution is 2.20. The first-order chi connectivity index (χ1) is 14.6. The van der Waals surface area contributed by atoms with Gasteiger partial charge in [-0.25, -0.2) is 0 Å². The van der Waals surface area contributed by atoms with E-state index in [0.717, 1.165) is 44.8 Å². The predicted molar refractivity (Wildman–Crippen MR) is 118 cm³/mol. The fourth-order valence-corrected chi connectivity index (χ4v) is 3.65. The fraction of sp³-hybridized carbons (Fsp3) is 0.391. The molecule has 1 fully saturated rings. The summed E-state index contributed by atoms with van der Waals surface area (Å²) in [5.41, 5.74) is 1.27. The molecule has 0 radical (unpaired) electrons. The number of hydrogen-bond acceptors (Lipinski definition) is 4. The number of nitrogens with one attached hydrogen (secondary N) is 2. The summed E-state index contributed by atoms with van der Waals surface area (Å²) in [7, 11) is 0. The summed E-state index contributed by atoms with van der Waals surface area (Å²) < 4.78 is 5.35. The summed E-state index contributed by atoms with van der Waals surface area (Å²) >= 11 is 6.15. The van der Waals surface area contributed by atoms with Crippen molar-refractivity contribution >= 4 is 23.4 Å². The van der Waals surface area contributed by atoms with Crippen LogP contribution in [0.2, 0.25) is 5.02 Å². The van der Waals surface area contributed by atoms with Crippen molar-refractivity contribution in [3.8, 4) is 0 Å². The van der Waals surface area contributed by atoms with Gasteiger partial charge in [0.1, 0.15) is 0 Å². The molecule has 7 heteroatoms. The molecular weight excluding hydrogens is 402 g/mol. The molecule has 2 N–H and O–H groups in total. The van der Waals surface area contributed by atoms with Gasteiger partial charge in [0.2, 0.25) is 5.91 Å². The van der Waals surface area contributed by atoms with Gasteiger partial charge >= 0.3 is 0 Å². The zero-order valence-corrected chi connectivity index (χ0v) is 17.7. The van der Waals surface area contributed by atoms with Gasteiger partial charge in [-0.3, -0.25) is 14.5 Å². The van der Waals surface area contributed by atoms with Gasteiger partial charge in [-0.05, 0) is 30.7 Å². The number of nitrogens with zero attached hydrogens (tertiary/aromatic N) is 1. The minimum absolute atomic E-state index is 0.0923. The van der Waals surface area contributed by atoms with Gasteiger partial charge in [0.25, 0.3) is 5.91 Å². The highest BCUT2D eigenvalue weighted by atomic mass is 35.5. The summed E-state index contributed by atoms with van der Waals surface area (Å²) in [6, 6.07) is 16.0. The van der Waals surface area contributed by atoms with Crippen LogP contribution in [0.1, 0.15) is 34.8 Å². The number of carbonyl (C=O) groups is 2. The normalized spacial score (nSPS) is 15.4. The molecule has 6 nitrogen and oxygen atoms in total. The molecule has 0 spiro atoms. The van der Waals surface area contributed by atoms with E-state index >= 15 is 0 Å². The smallest absolute Gasteiger partial charge is 0.253 e. The second-order valence-electron chi connectivity index (χ2n) is 7.28. The van der Waals surface area contributed by atoms with Gasteiger partial charge in [0.05, 0.1) is 36.3 Å². The van der Waals surface area contributed by atoms with Crippen LogP contribution in [0.3, 0.4) is 0 Å². The lowest BCUT2D eigenvalue weighted by Gasteiger charge is -2.26. The summed E-state index contributed by atoms with van der Waals surface area (Å²) in [5.74, 6) is -0.389. The maximum absolute atomic E-state index is 12.7. The topological polar surface area (TPSA) is 70.7 Å². The molecule has 160 valence electrons. The molecule has 0 aliphatic carbocycles. The molecule has 2 aromatic rings. The number of carbonyl (C=O) groups excluding carboxylic acids is 2. The van der Waals surface area contributed by atoms with Crippen molar-refractivity contribution in [3.63, 3.8) is 0 Å².